The van der Waals surface area contributed by atoms with Gasteiger partial charge in [-0.15, -0.1) is 0 Å². The third-order valence-electron chi connectivity index (χ3n) is 6.83. The molecule has 1 nitrogen and oxygen atoms in total. The van der Waals surface area contributed by atoms with Crippen LogP contribution < -0.4 is 4.74 Å². The highest BCUT2D eigenvalue weighted by atomic mass is 19.1. The summed E-state index contributed by atoms with van der Waals surface area (Å²) in [6.45, 7) is 6.57. The molecule has 0 spiro atoms. The van der Waals surface area contributed by atoms with E-state index in [1.165, 1.54) is 69.1 Å². The molecule has 1 saturated carbocycles. The molecule has 0 aliphatic heterocycles. The number of hydrogen-bond acceptors (Lipinski definition) is 1. The Balaban J connectivity index is 1.59. The fourth-order valence-electron chi connectivity index (χ4n) is 4.74. The Morgan fingerprint density at radius 3 is 2.31 bits per heavy atom. The summed E-state index contributed by atoms with van der Waals surface area (Å²) in [6.07, 6.45) is 12.5. The summed E-state index contributed by atoms with van der Waals surface area (Å²) in [7, 11) is 0. The van der Waals surface area contributed by atoms with Gasteiger partial charge in [-0.1, -0.05) is 63.5 Å². The average Bonchev–Trinajstić information content (AvgIpc) is 2.80. The van der Waals surface area contributed by atoms with Crippen molar-refractivity contribution in [2.75, 3.05) is 0 Å². The molecular weight excluding hydrogens is 395 g/mol. The minimum Gasteiger partial charge on any atom is -0.491 e. The summed E-state index contributed by atoms with van der Waals surface area (Å²) in [4.78, 5) is 0. The lowest BCUT2D eigenvalue weighted by molar-refractivity contribution is 0.205. The second kappa shape index (κ2) is 12.7. The largest absolute Gasteiger partial charge is 0.491 e. The van der Waals surface area contributed by atoms with Crippen LogP contribution in [0, 0.1) is 23.6 Å². The van der Waals surface area contributed by atoms with Gasteiger partial charge in [0.1, 0.15) is 11.6 Å². The first kappa shape index (κ1) is 24.4. The molecule has 2 aromatic rings. The fraction of sp³-hybridized carbons (Fsp3) is 0.533. The SMILES string of the molecule is CCCCCC[C@H](C)Oc1cc(F)cc(C#Cc2ccc(C3CCC(CC)CC3)cc2)c1. The average molecular weight is 435 g/mol. The smallest absolute Gasteiger partial charge is 0.128 e. The standard InChI is InChI=1S/C30H39FO/c1-4-6-7-8-9-23(3)32-30-21-26(20-29(31)22-30)11-10-25-14-18-28(19-15-25)27-16-12-24(5-2)13-17-27/h14-15,18-24,27H,4-9,12-13,16-17H2,1-3H3/t23-,24?,27?/m0/s1. The van der Waals surface area contributed by atoms with Crippen molar-refractivity contribution < 1.29 is 9.13 Å². The number of hydrogen-bond donors (Lipinski definition) is 0. The fourth-order valence-corrected chi connectivity index (χ4v) is 4.74. The molecule has 0 saturated heterocycles. The van der Waals surface area contributed by atoms with Gasteiger partial charge in [0.25, 0.3) is 0 Å². The molecule has 0 heterocycles. The van der Waals surface area contributed by atoms with Crippen molar-refractivity contribution in [2.45, 2.75) is 97.0 Å². The van der Waals surface area contributed by atoms with E-state index in [0.717, 1.165) is 24.3 Å². The van der Waals surface area contributed by atoms with E-state index < -0.39 is 0 Å². The van der Waals surface area contributed by atoms with Crippen LogP contribution in [-0.2, 0) is 0 Å². The van der Waals surface area contributed by atoms with E-state index in [4.69, 9.17) is 4.74 Å². The van der Waals surface area contributed by atoms with Gasteiger partial charge >= 0.3 is 0 Å². The molecule has 2 heteroatoms. The van der Waals surface area contributed by atoms with Crippen molar-refractivity contribution in [3.63, 3.8) is 0 Å². The van der Waals surface area contributed by atoms with Gasteiger partial charge in [0.05, 0.1) is 6.10 Å². The van der Waals surface area contributed by atoms with E-state index >= 15 is 0 Å². The van der Waals surface area contributed by atoms with Crippen LogP contribution in [0.15, 0.2) is 42.5 Å². The number of halogens is 1. The number of rotatable bonds is 9. The molecule has 1 aliphatic carbocycles. The summed E-state index contributed by atoms with van der Waals surface area (Å²) in [5, 5.41) is 0. The Bertz CT molecular complexity index is 881. The molecule has 1 aliphatic rings. The molecule has 3 rings (SSSR count). The van der Waals surface area contributed by atoms with Crippen molar-refractivity contribution in [3.8, 4) is 17.6 Å². The van der Waals surface area contributed by atoms with E-state index in [9.17, 15) is 4.39 Å². The molecule has 0 bridgehead atoms. The Labute approximate surface area is 194 Å². The van der Waals surface area contributed by atoms with Crippen LogP contribution in [0.4, 0.5) is 4.39 Å². The number of unbranched alkanes of at least 4 members (excludes halogenated alkanes) is 3. The van der Waals surface area contributed by atoms with Crippen molar-refractivity contribution in [1.82, 2.24) is 0 Å². The van der Waals surface area contributed by atoms with Crippen LogP contribution in [0.25, 0.3) is 0 Å². The quantitative estimate of drug-likeness (QED) is 0.283. The Morgan fingerprint density at radius 2 is 1.62 bits per heavy atom. The summed E-state index contributed by atoms with van der Waals surface area (Å²) in [5.41, 5.74) is 3.05. The van der Waals surface area contributed by atoms with Crippen molar-refractivity contribution in [2.24, 2.45) is 5.92 Å². The lowest BCUT2D eigenvalue weighted by Gasteiger charge is -2.28. The van der Waals surface area contributed by atoms with E-state index in [1.807, 2.05) is 6.07 Å². The Kier molecular flexibility index (Phi) is 9.66. The zero-order valence-corrected chi connectivity index (χ0v) is 20.1. The first-order chi connectivity index (χ1) is 15.6. The summed E-state index contributed by atoms with van der Waals surface area (Å²) >= 11 is 0. The molecule has 0 unspecified atom stereocenters. The van der Waals surface area contributed by atoms with Crippen LogP contribution in [0.2, 0.25) is 0 Å². The predicted octanol–water partition coefficient (Wildman–Crippen LogP) is 8.65. The predicted molar refractivity (Wildman–Crippen MR) is 133 cm³/mol. The lowest BCUT2D eigenvalue weighted by atomic mass is 9.78. The van der Waals surface area contributed by atoms with Crippen molar-refractivity contribution in [3.05, 3.63) is 65.0 Å². The molecule has 0 radical (unpaired) electrons. The minimum absolute atomic E-state index is 0.0782. The van der Waals surface area contributed by atoms with Crippen LogP contribution in [0.1, 0.15) is 108 Å². The third-order valence-corrected chi connectivity index (χ3v) is 6.83. The maximum atomic E-state index is 14.1. The van der Waals surface area contributed by atoms with Crippen LogP contribution in [0.5, 0.6) is 5.75 Å². The molecule has 0 amide bonds. The molecule has 0 N–H and O–H groups in total. The number of ether oxygens (including phenoxy) is 1. The monoisotopic (exact) mass is 434 g/mol. The van der Waals surface area contributed by atoms with E-state index in [-0.39, 0.29) is 11.9 Å². The van der Waals surface area contributed by atoms with Crippen LogP contribution in [0.3, 0.4) is 0 Å². The molecule has 0 aromatic heterocycles. The minimum atomic E-state index is -0.303. The van der Waals surface area contributed by atoms with Gasteiger partial charge < -0.3 is 4.74 Å². The Morgan fingerprint density at radius 1 is 0.906 bits per heavy atom. The van der Waals surface area contributed by atoms with Crippen LogP contribution in [-0.4, -0.2) is 6.10 Å². The third kappa shape index (κ3) is 7.70. The maximum Gasteiger partial charge on any atom is 0.128 e. The van der Waals surface area contributed by atoms with Gasteiger partial charge in [-0.05, 0) is 87.1 Å². The highest BCUT2D eigenvalue weighted by Gasteiger charge is 2.20. The summed E-state index contributed by atoms with van der Waals surface area (Å²) in [6, 6.07) is 13.4. The normalized spacial score (nSPS) is 19.1. The van der Waals surface area contributed by atoms with Gasteiger partial charge in [0.15, 0.2) is 0 Å². The van der Waals surface area contributed by atoms with Crippen LogP contribution >= 0.6 is 0 Å². The van der Waals surface area contributed by atoms with Gasteiger partial charge in [-0.25, -0.2) is 4.39 Å². The second-order valence-corrected chi connectivity index (χ2v) is 9.45. The van der Waals surface area contributed by atoms with E-state index in [2.05, 4.69) is 56.9 Å². The Hall–Kier alpha value is -2.27. The number of benzene rings is 2. The van der Waals surface area contributed by atoms with E-state index in [1.54, 1.807) is 0 Å². The molecule has 1 atom stereocenters. The molecule has 2 aromatic carbocycles. The molecule has 1 fully saturated rings. The maximum absolute atomic E-state index is 14.1. The first-order valence-corrected chi connectivity index (χ1v) is 12.7. The summed E-state index contributed by atoms with van der Waals surface area (Å²) in [5.74, 6) is 8.18. The van der Waals surface area contributed by atoms with Crippen molar-refractivity contribution >= 4 is 0 Å². The topological polar surface area (TPSA) is 9.23 Å². The zero-order chi connectivity index (χ0) is 22.8. The van der Waals surface area contributed by atoms with Gasteiger partial charge in [0, 0.05) is 17.2 Å². The summed E-state index contributed by atoms with van der Waals surface area (Å²) < 4.78 is 20.1. The molecule has 172 valence electrons. The van der Waals surface area contributed by atoms with Gasteiger partial charge in [0.2, 0.25) is 0 Å². The molecule has 32 heavy (non-hydrogen) atoms. The van der Waals surface area contributed by atoms with E-state index in [0.29, 0.717) is 17.2 Å². The van der Waals surface area contributed by atoms with Gasteiger partial charge in [-0.2, -0.15) is 0 Å². The van der Waals surface area contributed by atoms with Gasteiger partial charge in [-0.3, -0.25) is 0 Å². The second-order valence-electron chi connectivity index (χ2n) is 9.45. The molecular formula is C30H39FO. The highest BCUT2D eigenvalue weighted by molar-refractivity contribution is 5.46. The lowest BCUT2D eigenvalue weighted by Crippen LogP contribution is -2.12. The van der Waals surface area contributed by atoms with Crippen molar-refractivity contribution in [1.29, 1.82) is 0 Å². The highest BCUT2D eigenvalue weighted by Crippen LogP contribution is 2.36. The zero-order valence-electron chi connectivity index (χ0n) is 20.1. The first-order valence-electron chi connectivity index (χ1n) is 12.7.